The average Bonchev–Trinajstić information content (AvgIpc) is 2.84. The van der Waals surface area contributed by atoms with E-state index in [-0.39, 0.29) is 41.0 Å². The number of ketones is 3. The summed E-state index contributed by atoms with van der Waals surface area (Å²) in [4.78, 5) is 51.4. The summed E-state index contributed by atoms with van der Waals surface area (Å²) < 4.78 is 5.24. The molecule has 0 aromatic heterocycles. The number of carbonyl (C=O) groups is 4. The Balaban J connectivity index is 5.10. The molecule has 0 aliphatic heterocycles. The summed E-state index contributed by atoms with van der Waals surface area (Å²) in [5, 5.41) is 3.04. The smallest absolute Gasteiger partial charge is 0.223 e. The zero-order chi connectivity index (χ0) is 28.4. The highest BCUT2D eigenvalue weighted by atomic mass is 16.5. The first-order valence-electron chi connectivity index (χ1n) is 14.9. The van der Waals surface area contributed by atoms with Gasteiger partial charge in [0.25, 0.3) is 0 Å². The third kappa shape index (κ3) is 15.4. The number of methoxy groups -OCH3 is 1. The lowest BCUT2D eigenvalue weighted by atomic mass is 9.86. The van der Waals surface area contributed by atoms with E-state index in [0.29, 0.717) is 50.9 Å². The Labute approximate surface area is 227 Å². The van der Waals surface area contributed by atoms with Gasteiger partial charge >= 0.3 is 0 Å². The van der Waals surface area contributed by atoms with Gasteiger partial charge in [-0.05, 0) is 57.3 Å². The Bertz CT molecular complexity index is 673. The molecule has 0 bridgehead atoms. The second kappa shape index (κ2) is 20.4. The third-order valence-electron chi connectivity index (χ3n) is 7.37. The minimum Gasteiger partial charge on any atom is -0.374 e. The summed E-state index contributed by atoms with van der Waals surface area (Å²) in [6.07, 6.45) is 8.96. The molecule has 0 aliphatic rings. The molecule has 0 rings (SSSR count). The first-order valence-corrected chi connectivity index (χ1v) is 14.9. The number of Topliss-reactive ketones (excluding diaryl/α,β-unsaturated/α-hetero) is 3. The van der Waals surface area contributed by atoms with Crippen molar-refractivity contribution in [2.75, 3.05) is 7.11 Å². The van der Waals surface area contributed by atoms with Crippen molar-refractivity contribution in [1.29, 1.82) is 0 Å². The molecular formula is C31H57NO5. The van der Waals surface area contributed by atoms with Gasteiger partial charge in [-0.25, -0.2) is 0 Å². The van der Waals surface area contributed by atoms with Gasteiger partial charge in [0.05, 0.1) is 6.04 Å². The van der Waals surface area contributed by atoms with Gasteiger partial charge in [-0.2, -0.15) is 0 Å². The van der Waals surface area contributed by atoms with Crippen molar-refractivity contribution in [1.82, 2.24) is 5.32 Å². The minimum absolute atomic E-state index is 0.0375. The Morgan fingerprint density at radius 1 is 0.757 bits per heavy atom. The van der Waals surface area contributed by atoms with E-state index in [9.17, 15) is 19.2 Å². The van der Waals surface area contributed by atoms with Crippen LogP contribution in [0, 0.1) is 23.7 Å². The van der Waals surface area contributed by atoms with Crippen LogP contribution in [0.3, 0.4) is 0 Å². The van der Waals surface area contributed by atoms with E-state index in [2.05, 4.69) is 33.0 Å². The van der Waals surface area contributed by atoms with E-state index in [1.165, 1.54) is 0 Å². The molecule has 1 N–H and O–H groups in total. The predicted molar refractivity (Wildman–Crippen MR) is 151 cm³/mol. The molecule has 0 spiro atoms. The molecule has 4 atom stereocenters. The van der Waals surface area contributed by atoms with Gasteiger partial charge in [-0.15, -0.1) is 0 Å². The molecule has 6 heteroatoms. The summed E-state index contributed by atoms with van der Waals surface area (Å²) in [7, 11) is 1.55. The van der Waals surface area contributed by atoms with E-state index < -0.39 is 12.1 Å². The monoisotopic (exact) mass is 523 g/mol. The average molecular weight is 524 g/mol. The van der Waals surface area contributed by atoms with E-state index in [1.54, 1.807) is 14.0 Å². The van der Waals surface area contributed by atoms with Crippen molar-refractivity contribution < 1.29 is 23.9 Å². The molecule has 6 nitrogen and oxygen atoms in total. The van der Waals surface area contributed by atoms with Crippen LogP contribution in [-0.2, 0) is 23.9 Å². The fraction of sp³-hybridized carbons (Fsp3) is 0.871. The summed E-state index contributed by atoms with van der Waals surface area (Å²) in [5.74, 6) is 0.320. The van der Waals surface area contributed by atoms with Crippen LogP contribution in [0.4, 0.5) is 0 Å². The fourth-order valence-corrected chi connectivity index (χ4v) is 4.87. The fourth-order valence-electron chi connectivity index (χ4n) is 4.87. The lowest BCUT2D eigenvalue weighted by molar-refractivity contribution is -0.133. The first kappa shape index (κ1) is 35.4. The zero-order valence-electron chi connectivity index (χ0n) is 25.2. The number of carbonyl (C=O) groups excluding carboxylic acids is 4. The maximum absolute atomic E-state index is 13.2. The number of amides is 1. The van der Waals surface area contributed by atoms with Crippen molar-refractivity contribution in [3.63, 3.8) is 0 Å². The van der Waals surface area contributed by atoms with E-state index >= 15 is 0 Å². The number of rotatable bonds is 23. The predicted octanol–water partition coefficient (Wildman–Crippen LogP) is 6.87. The molecule has 0 saturated heterocycles. The highest BCUT2D eigenvalue weighted by molar-refractivity contribution is 5.90. The van der Waals surface area contributed by atoms with Gasteiger partial charge in [0.1, 0.15) is 11.9 Å². The van der Waals surface area contributed by atoms with Crippen molar-refractivity contribution in [2.24, 2.45) is 23.7 Å². The summed E-state index contributed by atoms with van der Waals surface area (Å²) in [6, 6.07) is -0.508. The highest BCUT2D eigenvalue weighted by Gasteiger charge is 2.29. The van der Waals surface area contributed by atoms with Crippen LogP contribution in [0.1, 0.15) is 132 Å². The van der Waals surface area contributed by atoms with Gasteiger partial charge < -0.3 is 10.1 Å². The standard InChI is InChI=1S/C31H57NO5/c1-9-11-13-16-26(33)19-20-27(23(5)6)31(36)32-28(17-12-10-2)29(34)18-14-15-25(21-22(3)4)30(35)24(7)37-8/h22-25,27-28H,9-21H2,1-8H3,(H,32,36). The van der Waals surface area contributed by atoms with Crippen LogP contribution < -0.4 is 5.32 Å². The molecule has 4 unspecified atom stereocenters. The van der Waals surface area contributed by atoms with E-state index in [0.717, 1.165) is 38.5 Å². The molecular weight excluding hydrogens is 466 g/mol. The SMILES string of the molecule is CCCCCC(=O)CCC(C(=O)NC(CCCC)C(=O)CCCC(CC(C)C)C(=O)C(C)OC)C(C)C. The number of hydrogen-bond donors (Lipinski definition) is 1. The molecule has 0 aromatic carbocycles. The minimum atomic E-state index is -0.508. The molecule has 216 valence electrons. The molecule has 0 aliphatic carbocycles. The normalized spacial score (nSPS) is 14.9. The van der Waals surface area contributed by atoms with Crippen LogP contribution in [0.25, 0.3) is 0 Å². The van der Waals surface area contributed by atoms with Gasteiger partial charge in [0.15, 0.2) is 11.6 Å². The quantitative estimate of drug-likeness (QED) is 0.148. The van der Waals surface area contributed by atoms with Crippen molar-refractivity contribution >= 4 is 23.3 Å². The maximum atomic E-state index is 13.2. The molecule has 0 aromatic rings. The Kier molecular flexibility index (Phi) is 19.5. The van der Waals surface area contributed by atoms with E-state index in [1.807, 2.05) is 13.8 Å². The van der Waals surface area contributed by atoms with E-state index in [4.69, 9.17) is 4.74 Å². The summed E-state index contributed by atoms with van der Waals surface area (Å²) in [6.45, 7) is 14.2. The van der Waals surface area contributed by atoms with Crippen molar-refractivity contribution in [2.45, 2.75) is 144 Å². The number of ether oxygens (including phenoxy) is 1. The summed E-state index contributed by atoms with van der Waals surface area (Å²) in [5.41, 5.74) is 0. The number of hydrogen-bond acceptors (Lipinski definition) is 5. The van der Waals surface area contributed by atoms with Gasteiger partial charge in [0, 0.05) is 38.2 Å². The molecule has 0 radical (unpaired) electrons. The molecule has 0 fully saturated rings. The van der Waals surface area contributed by atoms with Crippen molar-refractivity contribution in [3.05, 3.63) is 0 Å². The van der Waals surface area contributed by atoms with Crippen LogP contribution >= 0.6 is 0 Å². The third-order valence-corrected chi connectivity index (χ3v) is 7.37. The Morgan fingerprint density at radius 2 is 1.41 bits per heavy atom. The number of nitrogens with one attached hydrogen (secondary N) is 1. The highest BCUT2D eigenvalue weighted by Crippen LogP contribution is 2.23. The lowest BCUT2D eigenvalue weighted by Crippen LogP contribution is -2.45. The van der Waals surface area contributed by atoms with Gasteiger partial charge in [-0.3, -0.25) is 19.2 Å². The topological polar surface area (TPSA) is 89.5 Å². The molecule has 0 heterocycles. The summed E-state index contributed by atoms with van der Waals surface area (Å²) >= 11 is 0. The molecule has 0 saturated carbocycles. The van der Waals surface area contributed by atoms with Gasteiger partial charge in [0.2, 0.25) is 5.91 Å². The van der Waals surface area contributed by atoms with Crippen LogP contribution in [-0.4, -0.2) is 42.5 Å². The maximum Gasteiger partial charge on any atom is 0.223 e. The van der Waals surface area contributed by atoms with Crippen LogP contribution in [0.5, 0.6) is 0 Å². The van der Waals surface area contributed by atoms with Crippen LogP contribution in [0.15, 0.2) is 0 Å². The second-order valence-corrected chi connectivity index (χ2v) is 11.6. The molecule has 37 heavy (non-hydrogen) atoms. The first-order chi connectivity index (χ1) is 17.5. The van der Waals surface area contributed by atoms with Crippen molar-refractivity contribution in [3.8, 4) is 0 Å². The van der Waals surface area contributed by atoms with Crippen LogP contribution in [0.2, 0.25) is 0 Å². The van der Waals surface area contributed by atoms with Gasteiger partial charge in [-0.1, -0.05) is 67.2 Å². The largest absolute Gasteiger partial charge is 0.374 e. The Hall–Kier alpha value is -1.56. The second-order valence-electron chi connectivity index (χ2n) is 11.6. The lowest BCUT2D eigenvalue weighted by Gasteiger charge is -2.25. The zero-order valence-corrected chi connectivity index (χ0v) is 25.2. The Morgan fingerprint density at radius 3 is 1.95 bits per heavy atom. The number of unbranched alkanes of at least 4 members (excludes halogenated alkanes) is 3. The molecule has 1 amide bonds.